The van der Waals surface area contributed by atoms with Crippen LogP contribution < -0.4 is 10.5 Å². The molecule has 3 N–H and O–H groups in total. The van der Waals surface area contributed by atoms with Crippen LogP contribution in [0.5, 0.6) is 0 Å². The Balaban J connectivity index is 2.10. The molecule has 0 saturated heterocycles. The van der Waals surface area contributed by atoms with Crippen LogP contribution in [0.2, 0.25) is 0 Å². The van der Waals surface area contributed by atoms with Crippen LogP contribution in [0.4, 0.5) is 5.69 Å². The number of nitrogen functional groups attached to an aromatic ring is 1. The van der Waals surface area contributed by atoms with Crippen molar-refractivity contribution >= 4 is 15.7 Å². The summed E-state index contributed by atoms with van der Waals surface area (Å²) < 4.78 is 32.8. The van der Waals surface area contributed by atoms with Gasteiger partial charge in [-0.1, -0.05) is 0 Å². The number of ether oxygens (including phenoxy) is 1. The molecule has 0 aromatic heterocycles. The van der Waals surface area contributed by atoms with Crippen molar-refractivity contribution in [1.29, 1.82) is 0 Å². The summed E-state index contributed by atoms with van der Waals surface area (Å²) in [6, 6.07) is 3.27. The smallest absolute Gasteiger partial charge is 0.242 e. The van der Waals surface area contributed by atoms with Crippen LogP contribution >= 0.6 is 0 Å². The minimum absolute atomic E-state index is 0.0578. The van der Waals surface area contributed by atoms with Crippen molar-refractivity contribution in [3.05, 3.63) is 23.3 Å². The first-order valence-electron chi connectivity index (χ1n) is 6.84. The zero-order valence-electron chi connectivity index (χ0n) is 12.1. The Morgan fingerprint density at radius 2 is 1.90 bits per heavy atom. The van der Waals surface area contributed by atoms with Crippen LogP contribution in [-0.2, 0) is 14.8 Å². The van der Waals surface area contributed by atoms with Crippen LogP contribution in [0.3, 0.4) is 0 Å². The third kappa shape index (κ3) is 3.13. The number of nitrogens with two attached hydrogens (primary N) is 1. The van der Waals surface area contributed by atoms with Gasteiger partial charge in [-0.2, -0.15) is 0 Å². The van der Waals surface area contributed by atoms with Gasteiger partial charge < -0.3 is 10.5 Å². The van der Waals surface area contributed by atoms with Crippen molar-refractivity contribution in [2.45, 2.75) is 50.7 Å². The van der Waals surface area contributed by atoms with Gasteiger partial charge >= 0.3 is 0 Å². The van der Waals surface area contributed by atoms with Crippen LogP contribution in [0.25, 0.3) is 0 Å². The van der Waals surface area contributed by atoms with Crippen LogP contribution in [0.15, 0.2) is 17.0 Å². The molecule has 0 heterocycles. The lowest BCUT2D eigenvalue weighted by atomic mass is 9.90. The fraction of sp³-hybridized carbons (Fsp3) is 0.571. The second-order valence-corrected chi connectivity index (χ2v) is 7.02. The van der Waals surface area contributed by atoms with E-state index >= 15 is 0 Å². The number of aryl methyl sites for hydroxylation is 2. The highest BCUT2D eigenvalue weighted by atomic mass is 32.2. The molecule has 1 aliphatic rings. The van der Waals surface area contributed by atoms with Gasteiger partial charge in [0.25, 0.3) is 0 Å². The second-order valence-electron chi connectivity index (χ2n) is 5.34. The zero-order chi connectivity index (χ0) is 14.9. The molecule has 0 amide bonds. The van der Waals surface area contributed by atoms with E-state index in [-0.39, 0.29) is 17.0 Å². The fourth-order valence-corrected chi connectivity index (χ4v) is 3.82. The maximum atomic E-state index is 12.4. The van der Waals surface area contributed by atoms with Crippen molar-refractivity contribution in [3.8, 4) is 0 Å². The predicted octanol–water partition coefficient (Wildman–Crippen LogP) is 1.73. The highest BCUT2D eigenvalue weighted by molar-refractivity contribution is 7.89. The maximum Gasteiger partial charge on any atom is 0.242 e. The molecule has 1 aromatic carbocycles. The zero-order valence-corrected chi connectivity index (χ0v) is 13.0. The van der Waals surface area contributed by atoms with Crippen LogP contribution in [-0.4, -0.2) is 27.2 Å². The summed E-state index contributed by atoms with van der Waals surface area (Å²) in [4.78, 5) is 0.167. The maximum absolute atomic E-state index is 12.4. The van der Waals surface area contributed by atoms with Gasteiger partial charge in [0.1, 0.15) is 4.90 Å². The van der Waals surface area contributed by atoms with Gasteiger partial charge in [0.15, 0.2) is 0 Å². The number of hydrogen-bond donors (Lipinski definition) is 2. The predicted molar refractivity (Wildman–Crippen MR) is 79.1 cm³/mol. The van der Waals surface area contributed by atoms with Gasteiger partial charge in [0.05, 0.1) is 11.8 Å². The molecule has 0 radical (unpaired) electrons. The van der Waals surface area contributed by atoms with Crippen molar-refractivity contribution in [2.24, 2.45) is 0 Å². The van der Waals surface area contributed by atoms with E-state index in [0.717, 1.165) is 24.0 Å². The van der Waals surface area contributed by atoms with E-state index in [0.29, 0.717) is 12.3 Å². The van der Waals surface area contributed by atoms with Crippen molar-refractivity contribution in [2.75, 3.05) is 12.3 Å². The van der Waals surface area contributed by atoms with E-state index in [4.69, 9.17) is 10.5 Å². The molecule has 0 spiro atoms. The van der Waals surface area contributed by atoms with E-state index in [1.165, 1.54) is 0 Å². The number of rotatable bonds is 5. The van der Waals surface area contributed by atoms with Gasteiger partial charge in [0.2, 0.25) is 10.0 Å². The molecular formula is C14H22N2O3S. The van der Waals surface area contributed by atoms with Crippen LogP contribution in [0.1, 0.15) is 30.9 Å². The summed E-state index contributed by atoms with van der Waals surface area (Å²) in [5.74, 6) is 0. The Labute approximate surface area is 120 Å². The van der Waals surface area contributed by atoms with Gasteiger partial charge in [0, 0.05) is 12.6 Å². The number of anilines is 1. The number of nitrogens with one attached hydrogen (secondary N) is 1. The average molecular weight is 298 g/mol. The molecule has 0 bridgehead atoms. The molecule has 5 nitrogen and oxygen atoms in total. The van der Waals surface area contributed by atoms with E-state index in [1.54, 1.807) is 12.1 Å². The molecule has 1 saturated carbocycles. The topological polar surface area (TPSA) is 81.4 Å². The molecule has 1 aliphatic carbocycles. The molecular weight excluding hydrogens is 276 g/mol. The molecule has 1 aromatic rings. The minimum Gasteiger partial charge on any atom is -0.398 e. The Hall–Kier alpha value is -1.11. The molecule has 0 aliphatic heterocycles. The van der Waals surface area contributed by atoms with E-state index < -0.39 is 10.0 Å². The Kier molecular flexibility index (Phi) is 4.36. The summed E-state index contributed by atoms with van der Waals surface area (Å²) in [7, 11) is -3.56. The summed E-state index contributed by atoms with van der Waals surface area (Å²) >= 11 is 0. The summed E-state index contributed by atoms with van der Waals surface area (Å²) in [5, 5.41) is 0. The molecule has 20 heavy (non-hydrogen) atoms. The largest absolute Gasteiger partial charge is 0.398 e. The van der Waals surface area contributed by atoms with Gasteiger partial charge in [-0.05, 0) is 56.9 Å². The highest BCUT2D eigenvalue weighted by Crippen LogP contribution is 2.27. The summed E-state index contributed by atoms with van der Waals surface area (Å²) in [6.45, 7) is 6.39. The fourth-order valence-electron chi connectivity index (χ4n) is 2.36. The Bertz CT molecular complexity index is 593. The van der Waals surface area contributed by atoms with Gasteiger partial charge in [-0.15, -0.1) is 0 Å². The summed E-state index contributed by atoms with van der Waals surface area (Å²) in [5.41, 5.74) is 8.04. The van der Waals surface area contributed by atoms with E-state index in [9.17, 15) is 8.42 Å². The van der Waals surface area contributed by atoms with Gasteiger partial charge in [-0.3, -0.25) is 0 Å². The van der Waals surface area contributed by atoms with Crippen molar-refractivity contribution in [3.63, 3.8) is 0 Å². The Morgan fingerprint density at radius 3 is 2.50 bits per heavy atom. The van der Waals surface area contributed by atoms with Crippen molar-refractivity contribution in [1.82, 2.24) is 4.72 Å². The van der Waals surface area contributed by atoms with Crippen LogP contribution in [0, 0.1) is 13.8 Å². The first kappa shape index (κ1) is 15.3. The molecule has 112 valence electrons. The van der Waals surface area contributed by atoms with E-state index in [1.807, 2.05) is 20.8 Å². The molecule has 2 rings (SSSR count). The molecule has 1 fully saturated rings. The average Bonchev–Trinajstić information content (AvgIpc) is 2.31. The lowest BCUT2D eigenvalue weighted by Gasteiger charge is -2.35. The SMILES string of the molecule is CCOC1CC(NS(=O)(=O)c2cc(C)c(C)cc2N)C1. The molecule has 0 atom stereocenters. The first-order chi connectivity index (χ1) is 9.33. The highest BCUT2D eigenvalue weighted by Gasteiger charge is 2.33. The molecule has 0 unspecified atom stereocenters. The minimum atomic E-state index is -3.56. The third-order valence-electron chi connectivity index (χ3n) is 3.73. The summed E-state index contributed by atoms with van der Waals surface area (Å²) in [6.07, 6.45) is 1.61. The number of hydrogen-bond acceptors (Lipinski definition) is 4. The third-order valence-corrected chi connectivity index (χ3v) is 5.31. The lowest BCUT2D eigenvalue weighted by Crippen LogP contribution is -2.47. The quantitative estimate of drug-likeness (QED) is 0.811. The van der Waals surface area contributed by atoms with Crippen molar-refractivity contribution < 1.29 is 13.2 Å². The number of sulfonamides is 1. The monoisotopic (exact) mass is 298 g/mol. The Morgan fingerprint density at radius 1 is 1.30 bits per heavy atom. The first-order valence-corrected chi connectivity index (χ1v) is 8.32. The second kappa shape index (κ2) is 5.71. The number of benzene rings is 1. The standard InChI is InChI=1S/C14H22N2O3S/c1-4-19-12-7-11(8-12)16-20(17,18)14-6-10(3)9(2)5-13(14)15/h5-6,11-12,16H,4,7-8,15H2,1-3H3. The molecule has 6 heteroatoms. The lowest BCUT2D eigenvalue weighted by molar-refractivity contribution is -0.00475. The van der Waals surface area contributed by atoms with E-state index in [2.05, 4.69) is 4.72 Å². The van der Waals surface area contributed by atoms with Gasteiger partial charge in [-0.25, -0.2) is 13.1 Å². The normalized spacial score (nSPS) is 22.6.